The summed E-state index contributed by atoms with van der Waals surface area (Å²) in [5, 5.41) is 3.40. The van der Waals surface area contributed by atoms with E-state index in [1.165, 1.54) is 17.2 Å². The highest BCUT2D eigenvalue weighted by atomic mass is 19.1. The molecule has 1 N–H and O–H groups in total. The number of nitrogens with zero attached hydrogens (tertiary/aromatic N) is 4. The summed E-state index contributed by atoms with van der Waals surface area (Å²) in [4.78, 5) is 13.5. The minimum atomic E-state index is -0.168. The first kappa shape index (κ1) is 19.2. The highest BCUT2D eigenvalue weighted by Gasteiger charge is 2.21. The van der Waals surface area contributed by atoms with Gasteiger partial charge in [-0.1, -0.05) is 18.2 Å². The van der Waals surface area contributed by atoms with Crippen molar-refractivity contribution in [3.8, 4) is 0 Å². The zero-order valence-corrected chi connectivity index (χ0v) is 17.1. The molecule has 0 radical (unpaired) electrons. The van der Waals surface area contributed by atoms with Crippen LogP contribution in [-0.2, 0) is 0 Å². The van der Waals surface area contributed by atoms with Crippen molar-refractivity contribution in [3.63, 3.8) is 0 Å². The first-order valence-corrected chi connectivity index (χ1v) is 9.94. The molecule has 0 aliphatic carbocycles. The average Bonchev–Trinajstić information content (AvgIpc) is 2.71. The molecule has 0 atom stereocenters. The molecule has 0 bridgehead atoms. The number of hydrogen-bond acceptors (Lipinski definition) is 5. The Morgan fingerprint density at radius 1 is 0.828 bits per heavy atom. The van der Waals surface area contributed by atoms with Crippen molar-refractivity contribution in [2.75, 3.05) is 41.3 Å². The van der Waals surface area contributed by atoms with Crippen molar-refractivity contribution in [2.24, 2.45) is 0 Å². The Balaban J connectivity index is 1.48. The molecule has 1 fully saturated rings. The second-order valence-electron chi connectivity index (χ2n) is 7.51. The minimum Gasteiger partial charge on any atom is -0.366 e. The summed E-state index contributed by atoms with van der Waals surface area (Å²) in [5.41, 5.74) is 4.19. The van der Waals surface area contributed by atoms with Gasteiger partial charge in [0.1, 0.15) is 23.3 Å². The van der Waals surface area contributed by atoms with E-state index < -0.39 is 0 Å². The van der Waals surface area contributed by atoms with Gasteiger partial charge in [-0.25, -0.2) is 14.4 Å². The molecule has 0 spiro atoms. The molecule has 1 aliphatic heterocycles. The van der Waals surface area contributed by atoms with Gasteiger partial charge in [-0.3, -0.25) is 0 Å². The van der Waals surface area contributed by atoms with Crippen molar-refractivity contribution in [1.82, 2.24) is 9.97 Å². The van der Waals surface area contributed by atoms with E-state index in [-0.39, 0.29) is 5.82 Å². The maximum atomic E-state index is 14.1. The number of anilines is 4. The molecule has 0 saturated carbocycles. The quantitative estimate of drug-likeness (QED) is 0.704. The van der Waals surface area contributed by atoms with Gasteiger partial charge in [0, 0.05) is 37.9 Å². The van der Waals surface area contributed by atoms with Gasteiger partial charge in [0.05, 0.1) is 5.69 Å². The average molecular weight is 391 g/mol. The van der Waals surface area contributed by atoms with Crippen molar-refractivity contribution >= 4 is 23.0 Å². The van der Waals surface area contributed by atoms with Crippen LogP contribution in [0.25, 0.3) is 0 Å². The molecule has 0 amide bonds. The van der Waals surface area contributed by atoms with E-state index in [1.54, 1.807) is 6.07 Å². The maximum absolute atomic E-state index is 14.1. The predicted octanol–water partition coefficient (Wildman–Crippen LogP) is 4.61. The number of halogens is 1. The SMILES string of the molecule is Cc1nc(Nc2ccc(C)c(C)c2)cc(N2CCN(c3ccccc3F)CC2)n1. The van der Waals surface area contributed by atoms with Gasteiger partial charge in [0.15, 0.2) is 0 Å². The van der Waals surface area contributed by atoms with Crippen LogP contribution in [0, 0.1) is 26.6 Å². The Morgan fingerprint density at radius 2 is 1.55 bits per heavy atom. The normalized spacial score (nSPS) is 14.2. The number of aromatic nitrogens is 2. The van der Waals surface area contributed by atoms with Gasteiger partial charge < -0.3 is 15.1 Å². The highest BCUT2D eigenvalue weighted by molar-refractivity contribution is 5.61. The third-order valence-corrected chi connectivity index (χ3v) is 5.40. The van der Waals surface area contributed by atoms with Crippen molar-refractivity contribution in [1.29, 1.82) is 0 Å². The van der Waals surface area contributed by atoms with Crippen LogP contribution >= 0.6 is 0 Å². The summed E-state index contributed by atoms with van der Waals surface area (Å²) < 4.78 is 14.1. The summed E-state index contributed by atoms with van der Waals surface area (Å²) in [6.07, 6.45) is 0. The van der Waals surface area contributed by atoms with Gasteiger partial charge in [-0.2, -0.15) is 0 Å². The Kier molecular flexibility index (Phi) is 5.34. The summed E-state index contributed by atoms with van der Waals surface area (Å²) in [5.74, 6) is 2.24. The summed E-state index contributed by atoms with van der Waals surface area (Å²) in [6, 6.07) is 15.2. The van der Waals surface area contributed by atoms with Gasteiger partial charge in [-0.15, -0.1) is 0 Å². The second kappa shape index (κ2) is 8.07. The Hall–Kier alpha value is -3.15. The molecule has 4 rings (SSSR count). The number of para-hydroxylation sites is 1. The van der Waals surface area contributed by atoms with Crippen LogP contribution < -0.4 is 15.1 Å². The standard InChI is InChI=1S/C23H26FN5/c1-16-8-9-19(14-17(16)2)27-22-15-23(26-18(3)25-22)29-12-10-28(11-13-29)21-7-5-4-6-20(21)24/h4-9,14-15H,10-13H2,1-3H3,(H,25,26,27). The number of nitrogens with one attached hydrogen (secondary N) is 1. The summed E-state index contributed by atoms with van der Waals surface area (Å²) >= 11 is 0. The Labute approximate surface area is 171 Å². The number of aryl methyl sites for hydroxylation is 3. The van der Waals surface area contributed by atoms with Crippen LogP contribution in [-0.4, -0.2) is 36.1 Å². The summed E-state index contributed by atoms with van der Waals surface area (Å²) in [7, 11) is 0. The smallest absolute Gasteiger partial charge is 0.146 e. The fourth-order valence-electron chi connectivity index (χ4n) is 3.63. The van der Waals surface area contributed by atoms with Crippen LogP contribution in [0.15, 0.2) is 48.5 Å². The van der Waals surface area contributed by atoms with Crippen LogP contribution in [0.2, 0.25) is 0 Å². The first-order valence-electron chi connectivity index (χ1n) is 9.94. The highest BCUT2D eigenvalue weighted by Crippen LogP contribution is 2.25. The minimum absolute atomic E-state index is 0.168. The largest absolute Gasteiger partial charge is 0.366 e. The lowest BCUT2D eigenvalue weighted by Gasteiger charge is -2.37. The van der Waals surface area contributed by atoms with Gasteiger partial charge in [-0.05, 0) is 56.2 Å². The molecule has 5 nitrogen and oxygen atoms in total. The molecule has 3 aromatic rings. The zero-order valence-electron chi connectivity index (χ0n) is 17.1. The third-order valence-electron chi connectivity index (χ3n) is 5.40. The predicted molar refractivity (Wildman–Crippen MR) is 117 cm³/mol. The number of hydrogen-bond donors (Lipinski definition) is 1. The van der Waals surface area contributed by atoms with Crippen LogP contribution in [0.3, 0.4) is 0 Å². The van der Waals surface area contributed by atoms with Gasteiger partial charge in [0.2, 0.25) is 0 Å². The van der Waals surface area contributed by atoms with Crippen molar-refractivity contribution in [2.45, 2.75) is 20.8 Å². The van der Waals surface area contributed by atoms with E-state index in [4.69, 9.17) is 0 Å². The summed E-state index contributed by atoms with van der Waals surface area (Å²) in [6.45, 7) is 9.19. The van der Waals surface area contributed by atoms with E-state index >= 15 is 0 Å². The van der Waals surface area contributed by atoms with Crippen LogP contribution in [0.5, 0.6) is 0 Å². The van der Waals surface area contributed by atoms with Gasteiger partial charge >= 0.3 is 0 Å². The van der Waals surface area contributed by atoms with Gasteiger partial charge in [0.25, 0.3) is 0 Å². The molecule has 150 valence electrons. The Bertz CT molecular complexity index is 1010. The van der Waals surface area contributed by atoms with E-state index in [0.29, 0.717) is 5.69 Å². The topological polar surface area (TPSA) is 44.3 Å². The van der Waals surface area contributed by atoms with E-state index in [2.05, 4.69) is 57.1 Å². The fourth-order valence-corrected chi connectivity index (χ4v) is 3.63. The van der Waals surface area contributed by atoms with Crippen LogP contribution in [0.1, 0.15) is 17.0 Å². The molecular weight excluding hydrogens is 365 g/mol. The lowest BCUT2D eigenvalue weighted by molar-refractivity contribution is 0.596. The van der Waals surface area contributed by atoms with E-state index in [0.717, 1.165) is 49.3 Å². The van der Waals surface area contributed by atoms with E-state index in [9.17, 15) is 4.39 Å². The molecule has 2 aromatic carbocycles. The van der Waals surface area contributed by atoms with Crippen molar-refractivity contribution < 1.29 is 4.39 Å². The number of benzene rings is 2. The number of rotatable bonds is 4. The molecular formula is C23H26FN5. The fraction of sp³-hybridized carbons (Fsp3) is 0.304. The molecule has 1 saturated heterocycles. The van der Waals surface area contributed by atoms with Crippen LogP contribution in [0.4, 0.5) is 27.4 Å². The molecule has 0 unspecified atom stereocenters. The third kappa shape index (κ3) is 4.31. The number of piperazine rings is 1. The Morgan fingerprint density at radius 3 is 2.28 bits per heavy atom. The molecule has 29 heavy (non-hydrogen) atoms. The maximum Gasteiger partial charge on any atom is 0.146 e. The molecule has 1 aromatic heterocycles. The molecule has 1 aliphatic rings. The monoisotopic (exact) mass is 391 g/mol. The second-order valence-corrected chi connectivity index (χ2v) is 7.51. The lowest BCUT2D eigenvalue weighted by Crippen LogP contribution is -2.47. The van der Waals surface area contributed by atoms with E-state index in [1.807, 2.05) is 25.1 Å². The zero-order chi connectivity index (χ0) is 20.4. The molecule has 2 heterocycles. The first-order chi connectivity index (χ1) is 14.0. The lowest BCUT2D eigenvalue weighted by atomic mass is 10.1. The van der Waals surface area contributed by atoms with Crippen molar-refractivity contribution in [3.05, 3.63) is 71.3 Å². The molecule has 6 heteroatoms.